The van der Waals surface area contributed by atoms with Gasteiger partial charge in [0, 0.05) is 6.42 Å². The Morgan fingerprint density at radius 2 is 1.10 bits per heavy atom. The largest absolute Gasteiger partial charge is 0.291 e. The van der Waals surface area contributed by atoms with Gasteiger partial charge in [0.2, 0.25) is 0 Å². The van der Waals surface area contributed by atoms with Crippen LogP contribution < -0.4 is 0 Å². The summed E-state index contributed by atoms with van der Waals surface area (Å²) in [7, 11) is 0. The van der Waals surface area contributed by atoms with E-state index < -0.39 is 0 Å². The highest BCUT2D eigenvalue weighted by molar-refractivity contribution is 5.50. The summed E-state index contributed by atoms with van der Waals surface area (Å²) < 4.78 is 0. The molecule has 0 heterocycles. The third-order valence-corrected chi connectivity index (χ3v) is 3.77. The van der Waals surface area contributed by atoms with Gasteiger partial charge in [-0.2, -0.15) is 0 Å². The lowest BCUT2D eigenvalue weighted by Crippen LogP contribution is -1.83. The predicted octanol–water partition coefficient (Wildman–Crippen LogP) is 6.52. The molecule has 20 heavy (non-hydrogen) atoms. The van der Waals surface area contributed by atoms with Gasteiger partial charge >= 0.3 is 0 Å². The molecule has 117 valence electrons. The zero-order chi connectivity index (χ0) is 14.7. The molecule has 1 heteroatoms. The average molecular weight is 279 g/mol. The van der Waals surface area contributed by atoms with Gasteiger partial charge < -0.3 is 0 Å². The molecule has 0 aliphatic carbocycles. The first kappa shape index (κ1) is 19.4. The van der Waals surface area contributed by atoms with Crippen molar-refractivity contribution in [1.29, 1.82) is 0 Å². The van der Waals surface area contributed by atoms with E-state index in [-0.39, 0.29) is 0 Å². The first-order valence-electron chi connectivity index (χ1n) is 8.91. The van der Waals surface area contributed by atoms with E-state index in [2.05, 4.69) is 19.1 Å². The summed E-state index contributed by atoms with van der Waals surface area (Å²) in [5.41, 5.74) is 0. The van der Waals surface area contributed by atoms with E-state index in [0.29, 0.717) is 6.42 Å². The van der Waals surface area contributed by atoms with Gasteiger partial charge in [-0.3, -0.25) is 4.79 Å². The van der Waals surface area contributed by atoms with Crippen LogP contribution in [-0.2, 0) is 4.79 Å². The Morgan fingerprint density at radius 1 is 0.650 bits per heavy atom. The number of hydrogen-bond donors (Lipinski definition) is 0. The van der Waals surface area contributed by atoms with E-state index in [4.69, 9.17) is 0 Å². The van der Waals surface area contributed by atoms with E-state index in [9.17, 15) is 4.79 Å². The fourth-order valence-corrected chi connectivity index (χ4v) is 2.45. The molecule has 0 aromatic rings. The maximum atomic E-state index is 10.0. The van der Waals surface area contributed by atoms with E-state index in [1.807, 2.05) is 6.29 Å². The second-order valence-corrected chi connectivity index (χ2v) is 5.83. The molecular formula is C19H35O. The van der Waals surface area contributed by atoms with Crippen LogP contribution in [0.25, 0.3) is 0 Å². The van der Waals surface area contributed by atoms with Crippen molar-refractivity contribution in [3.63, 3.8) is 0 Å². The first-order valence-corrected chi connectivity index (χ1v) is 8.91. The zero-order valence-corrected chi connectivity index (χ0v) is 13.7. The number of carbonyl (C=O) groups excluding carboxylic acids is 1. The van der Waals surface area contributed by atoms with Gasteiger partial charge in [0.25, 0.3) is 0 Å². The Kier molecular flexibility index (Phi) is 17.9. The van der Waals surface area contributed by atoms with Crippen LogP contribution in [0.1, 0.15) is 103 Å². The van der Waals surface area contributed by atoms with Gasteiger partial charge in [0.15, 0.2) is 6.29 Å². The van der Waals surface area contributed by atoms with Gasteiger partial charge in [-0.15, -0.1) is 0 Å². The maximum absolute atomic E-state index is 10.0. The minimum atomic E-state index is 0.633. The zero-order valence-electron chi connectivity index (χ0n) is 13.7. The van der Waals surface area contributed by atoms with E-state index in [0.717, 1.165) is 6.42 Å². The number of unbranched alkanes of at least 4 members (excludes halogenated alkanes) is 13. The summed E-state index contributed by atoms with van der Waals surface area (Å²) in [6.45, 7) is 2.23. The van der Waals surface area contributed by atoms with Crippen LogP contribution in [0, 0.1) is 0 Å². The SMILES string of the molecule is CCCC=CCCCCCCCCCCCCC[C]=O. The first-order chi connectivity index (χ1) is 9.91. The molecular weight excluding hydrogens is 244 g/mol. The molecule has 0 unspecified atom stereocenters. The Labute approximate surface area is 127 Å². The fourth-order valence-electron chi connectivity index (χ4n) is 2.45. The van der Waals surface area contributed by atoms with E-state index in [1.54, 1.807) is 0 Å². The lowest BCUT2D eigenvalue weighted by molar-refractivity contribution is 0.533. The molecule has 0 aliphatic rings. The van der Waals surface area contributed by atoms with Crippen LogP contribution in [0.15, 0.2) is 12.2 Å². The van der Waals surface area contributed by atoms with Gasteiger partial charge in [-0.25, -0.2) is 0 Å². The highest BCUT2D eigenvalue weighted by Gasteiger charge is 1.93. The summed E-state index contributed by atoms with van der Waals surface area (Å²) in [5, 5.41) is 0. The molecule has 0 rings (SSSR count). The Balaban J connectivity index is 2.97. The summed E-state index contributed by atoms with van der Waals surface area (Å²) >= 11 is 0. The molecule has 0 amide bonds. The molecule has 0 atom stereocenters. The second-order valence-electron chi connectivity index (χ2n) is 5.83. The van der Waals surface area contributed by atoms with Crippen molar-refractivity contribution in [2.24, 2.45) is 0 Å². The highest BCUT2D eigenvalue weighted by Crippen LogP contribution is 2.12. The van der Waals surface area contributed by atoms with Crippen LogP contribution >= 0.6 is 0 Å². The average Bonchev–Trinajstić information content (AvgIpc) is 2.47. The van der Waals surface area contributed by atoms with Crippen LogP contribution in [0.5, 0.6) is 0 Å². The maximum Gasteiger partial charge on any atom is 0.198 e. The topological polar surface area (TPSA) is 17.1 Å². The standard InChI is InChI=1S/C19H35O/c1-2-3-4-5-6-7-8-9-10-11-12-13-14-15-16-17-18-19-20/h4-5H,2-3,6-18H2,1H3. The molecule has 0 bridgehead atoms. The third kappa shape index (κ3) is 17.4. The minimum absolute atomic E-state index is 0.633. The molecule has 0 saturated carbocycles. The van der Waals surface area contributed by atoms with Gasteiger partial charge in [-0.1, -0.05) is 83.3 Å². The van der Waals surface area contributed by atoms with Crippen molar-refractivity contribution in [3.05, 3.63) is 12.2 Å². The van der Waals surface area contributed by atoms with Gasteiger partial charge in [0.05, 0.1) is 0 Å². The Hall–Kier alpha value is -0.590. The van der Waals surface area contributed by atoms with Crippen molar-refractivity contribution in [3.8, 4) is 0 Å². The third-order valence-electron chi connectivity index (χ3n) is 3.77. The molecule has 0 aliphatic heterocycles. The fraction of sp³-hybridized carbons (Fsp3) is 0.842. The van der Waals surface area contributed by atoms with Crippen LogP contribution in [-0.4, -0.2) is 6.29 Å². The molecule has 1 nitrogen and oxygen atoms in total. The Morgan fingerprint density at radius 3 is 1.60 bits per heavy atom. The molecule has 0 N–H and O–H groups in total. The smallest absolute Gasteiger partial charge is 0.198 e. The number of rotatable bonds is 16. The second kappa shape index (κ2) is 18.4. The molecule has 0 fully saturated rings. The lowest BCUT2D eigenvalue weighted by atomic mass is 10.0. The monoisotopic (exact) mass is 279 g/mol. The number of hydrogen-bond acceptors (Lipinski definition) is 1. The van der Waals surface area contributed by atoms with Crippen molar-refractivity contribution >= 4 is 6.29 Å². The van der Waals surface area contributed by atoms with Crippen molar-refractivity contribution in [1.82, 2.24) is 0 Å². The van der Waals surface area contributed by atoms with E-state index in [1.165, 1.54) is 83.5 Å². The molecule has 0 saturated heterocycles. The normalized spacial score (nSPS) is 11.2. The molecule has 0 spiro atoms. The van der Waals surface area contributed by atoms with Gasteiger partial charge in [-0.05, 0) is 25.7 Å². The molecule has 0 aromatic carbocycles. The summed E-state index contributed by atoms with van der Waals surface area (Å²) in [4.78, 5) is 10.0. The lowest BCUT2D eigenvalue weighted by Gasteiger charge is -2.02. The van der Waals surface area contributed by atoms with Crippen molar-refractivity contribution < 1.29 is 4.79 Å². The van der Waals surface area contributed by atoms with Crippen molar-refractivity contribution in [2.45, 2.75) is 103 Å². The van der Waals surface area contributed by atoms with Crippen molar-refractivity contribution in [2.75, 3.05) is 0 Å². The van der Waals surface area contributed by atoms with Crippen LogP contribution in [0.2, 0.25) is 0 Å². The highest BCUT2D eigenvalue weighted by atomic mass is 16.1. The number of allylic oxidation sites excluding steroid dienone is 2. The molecule has 1 radical (unpaired) electrons. The quantitative estimate of drug-likeness (QED) is 0.232. The summed E-state index contributed by atoms with van der Waals surface area (Å²) in [6, 6.07) is 0. The molecule has 0 aromatic heterocycles. The van der Waals surface area contributed by atoms with E-state index >= 15 is 0 Å². The minimum Gasteiger partial charge on any atom is -0.291 e. The predicted molar refractivity (Wildman–Crippen MR) is 89.8 cm³/mol. The summed E-state index contributed by atoms with van der Waals surface area (Å²) in [5.74, 6) is 0. The van der Waals surface area contributed by atoms with Crippen LogP contribution in [0.3, 0.4) is 0 Å². The van der Waals surface area contributed by atoms with Crippen LogP contribution in [0.4, 0.5) is 0 Å². The summed E-state index contributed by atoms with van der Waals surface area (Å²) in [6.07, 6.45) is 25.7. The van der Waals surface area contributed by atoms with Gasteiger partial charge in [0.1, 0.15) is 0 Å². The Bertz CT molecular complexity index is 208.